The molecule has 0 saturated heterocycles. The first-order chi connectivity index (χ1) is 7.09. The fraction of sp³-hybridized carbons (Fsp3) is 0.909. The number of nitrogens with two attached hydrogens (primary N) is 1. The molecule has 0 aromatic carbocycles. The van der Waals surface area contributed by atoms with Gasteiger partial charge in [0.05, 0.1) is 12.5 Å². The van der Waals surface area contributed by atoms with Crippen molar-refractivity contribution < 1.29 is 14.3 Å². The second-order valence-electron chi connectivity index (χ2n) is 3.78. The Hall–Kier alpha value is -0.610. The van der Waals surface area contributed by atoms with Crippen molar-refractivity contribution in [3.05, 3.63) is 0 Å². The minimum Gasteiger partial charge on any atom is -0.463 e. The van der Waals surface area contributed by atoms with Crippen LogP contribution in [0, 0.1) is 5.92 Å². The molecule has 2 unspecified atom stereocenters. The third-order valence-corrected chi connectivity index (χ3v) is 2.27. The average Bonchev–Trinajstić information content (AvgIpc) is 2.21. The van der Waals surface area contributed by atoms with Crippen LogP contribution in [0.25, 0.3) is 0 Å². The Labute approximate surface area is 92.1 Å². The predicted molar refractivity (Wildman–Crippen MR) is 59.5 cm³/mol. The molecule has 0 spiro atoms. The van der Waals surface area contributed by atoms with Crippen LogP contribution < -0.4 is 5.73 Å². The molecule has 0 fully saturated rings. The predicted octanol–water partition coefficient (Wildman–Crippen LogP) is 1.33. The van der Waals surface area contributed by atoms with Crippen LogP contribution in [0.15, 0.2) is 0 Å². The van der Waals surface area contributed by atoms with Gasteiger partial charge in [0.1, 0.15) is 6.61 Å². The molecule has 2 N–H and O–H groups in total. The summed E-state index contributed by atoms with van der Waals surface area (Å²) in [6.07, 6.45) is 2.16. The third-order valence-electron chi connectivity index (χ3n) is 2.27. The smallest absolute Gasteiger partial charge is 0.310 e. The molecule has 0 aromatic heterocycles. The zero-order valence-corrected chi connectivity index (χ0v) is 9.99. The number of carbonyl (C=O) groups excluding carboxylic acids is 1. The number of esters is 1. The van der Waals surface area contributed by atoms with E-state index >= 15 is 0 Å². The van der Waals surface area contributed by atoms with E-state index in [0.29, 0.717) is 13.2 Å². The highest BCUT2D eigenvalue weighted by Gasteiger charge is 2.17. The van der Waals surface area contributed by atoms with Crippen molar-refractivity contribution in [3.8, 4) is 0 Å². The molecule has 0 rings (SSSR count). The van der Waals surface area contributed by atoms with Gasteiger partial charge < -0.3 is 15.2 Å². The third kappa shape index (κ3) is 7.33. The molecule has 0 saturated carbocycles. The highest BCUT2D eigenvalue weighted by Crippen LogP contribution is 2.02. The first-order valence-corrected chi connectivity index (χ1v) is 5.59. The van der Waals surface area contributed by atoms with Crippen molar-refractivity contribution in [3.63, 3.8) is 0 Å². The van der Waals surface area contributed by atoms with E-state index in [1.165, 1.54) is 0 Å². The topological polar surface area (TPSA) is 61.5 Å². The maximum atomic E-state index is 11.3. The first-order valence-electron chi connectivity index (χ1n) is 5.59. The Balaban J connectivity index is 3.39. The van der Waals surface area contributed by atoms with Gasteiger partial charge in [-0.1, -0.05) is 20.3 Å². The summed E-state index contributed by atoms with van der Waals surface area (Å²) in [7, 11) is 0. The largest absolute Gasteiger partial charge is 0.463 e. The maximum Gasteiger partial charge on any atom is 0.310 e. The van der Waals surface area contributed by atoms with Crippen molar-refractivity contribution in [2.45, 2.75) is 39.7 Å². The second-order valence-corrected chi connectivity index (χ2v) is 3.78. The Morgan fingerprint density at radius 3 is 2.47 bits per heavy atom. The van der Waals surface area contributed by atoms with E-state index in [1.807, 2.05) is 0 Å². The molecule has 0 aliphatic rings. The maximum absolute atomic E-state index is 11.3. The van der Waals surface area contributed by atoms with Crippen LogP contribution in [0.4, 0.5) is 0 Å². The molecular weight excluding hydrogens is 194 g/mol. The minimum absolute atomic E-state index is 0.168. The van der Waals surface area contributed by atoms with Gasteiger partial charge in [-0.3, -0.25) is 4.79 Å². The van der Waals surface area contributed by atoms with Crippen LogP contribution in [-0.2, 0) is 14.3 Å². The summed E-state index contributed by atoms with van der Waals surface area (Å²) < 4.78 is 10.3. The molecule has 0 bridgehead atoms. The fourth-order valence-corrected chi connectivity index (χ4v) is 0.896. The Morgan fingerprint density at radius 1 is 1.27 bits per heavy atom. The van der Waals surface area contributed by atoms with E-state index < -0.39 is 0 Å². The molecule has 15 heavy (non-hydrogen) atoms. The Bertz CT molecular complexity index is 171. The van der Waals surface area contributed by atoms with Gasteiger partial charge in [0, 0.05) is 12.6 Å². The summed E-state index contributed by atoms with van der Waals surface area (Å²) in [4.78, 5) is 11.3. The summed E-state index contributed by atoms with van der Waals surface area (Å²) in [5, 5.41) is 0. The van der Waals surface area contributed by atoms with Gasteiger partial charge in [-0.05, 0) is 13.3 Å². The van der Waals surface area contributed by atoms with Crippen molar-refractivity contribution >= 4 is 5.97 Å². The lowest BCUT2D eigenvalue weighted by Gasteiger charge is -2.14. The van der Waals surface area contributed by atoms with Crippen molar-refractivity contribution in [1.29, 1.82) is 0 Å². The molecule has 0 aliphatic heterocycles. The zero-order chi connectivity index (χ0) is 11.7. The number of ether oxygens (including phenoxy) is 2. The number of hydrogen-bond donors (Lipinski definition) is 1. The van der Waals surface area contributed by atoms with E-state index in [1.54, 1.807) is 13.8 Å². The second kappa shape index (κ2) is 8.68. The highest BCUT2D eigenvalue weighted by atomic mass is 16.6. The molecule has 0 heterocycles. The quantitative estimate of drug-likeness (QED) is 0.492. The fourth-order valence-electron chi connectivity index (χ4n) is 0.896. The number of unbranched alkanes of at least 4 members (excludes halogenated alkanes) is 1. The minimum atomic E-state index is -0.249. The average molecular weight is 217 g/mol. The van der Waals surface area contributed by atoms with Crippen LogP contribution in [-0.4, -0.2) is 31.8 Å². The standard InChI is InChI=1S/C11H23NO3/c1-4-5-6-14-7-8-15-11(13)9(2)10(3)12/h9-10H,4-8,12H2,1-3H3. The Kier molecular flexibility index (Phi) is 8.33. The van der Waals surface area contributed by atoms with Gasteiger partial charge in [-0.25, -0.2) is 0 Å². The van der Waals surface area contributed by atoms with E-state index in [-0.39, 0.29) is 17.9 Å². The Morgan fingerprint density at radius 2 is 1.93 bits per heavy atom. The van der Waals surface area contributed by atoms with Gasteiger partial charge in [-0.15, -0.1) is 0 Å². The van der Waals surface area contributed by atoms with Gasteiger partial charge in [0.2, 0.25) is 0 Å². The molecule has 0 aromatic rings. The lowest BCUT2D eigenvalue weighted by atomic mass is 10.1. The summed E-state index contributed by atoms with van der Waals surface area (Å²) in [6.45, 7) is 7.19. The van der Waals surface area contributed by atoms with E-state index in [4.69, 9.17) is 15.2 Å². The SMILES string of the molecule is CCCCOCCOC(=O)C(C)C(C)N. The van der Waals surface area contributed by atoms with Crippen LogP contribution in [0.5, 0.6) is 0 Å². The lowest BCUT2D eigenvalue weighted by molar-refractivity contribution is -0.150. The van der Waals surface area contributed by atoms with Crippen LogP contribution >= 0.6 is 0 Å². The molecule has 0 aliphatic carbocycles. The highest BCUT2D eigenvalue weighted by molar-refractivity contribution is 5.72. The monoisotopic (exact) mass is 217 g/mol. The van der Waals surface area contributed by atoms with Crippen LogP contribution in [0.2, 0.25) is 0 Å². The van der Waals surface area contributed by atoms with Gasteiger partial charge in [0.15, 0.2) is 0 Å². The van der Waals surface area contributed by atoms with Gasteiger partial charge in [-0.2, -0.15) is 0 Å². The lowest BCUT2D eigenvalue weighted by Crippen LogP contribution is -2.32. The zero-order valence-electron chi connectivity index (χ0n) is 9.99. The van der Waals surface area contributed by atoms with E-state index in [2.05, 4.69) is 6.92 Å². The van der Waals surface area contributed by atoms with E-state index in [0.717, 1.165) is 19.4 Å². The summed E-state index contributed by atoms with van der Waals surface area (Å²) in [5.41, 5.74) is 5.57. The molecule has 0 amide bonds. The van der Waals surface area contributed by atoms with Gasteiger partial charge in [0.25, 0.3) is 0 Å². The van der Waals surface area contributed by atoms with Crippen molar-refractivity contribution in [2.75, 3.05) is 19.8 Å². The van der Waals surface area contributed by atoms with Crippen LogP contribution in [0.1, 0.15) is 33.6 Å². The first kappa shape index (κ1) is 14.4. The van der Waals surface area contributed by atoms with Gasteiger partial charge >= 0.3 is 5.97 Å². The van der Waals surface area contributed by atoms with E-state index in [9.17, 15) is 4.79 Å². The summed E-state index contributed by atoms with van der Waals surface area (Å²) in [5.74, 6) is -0.496. The van der Waals surface area contributed by atoms with Crippen molar-refractivity contribution in [1.82, 2.24) is 0 Å². The summed E-state index contributed by atoms with van der Waals surface area (Å²) >= 11 is 0. The molecule has 4 heteroatoms. The number of rotatable bonds is 8. The number of carbonyl (C=O) groups is 1. The molecule has 4 nitrogen and oxygen atoms in total. The van der Waals surface area contributed by atoms with Crippen LogP contribution in [0.3, 0.4) is 0 Å². The molecule has 90 valence electrons. The normalized spacial score (nSPS) is 14.7. The van der Waals surface area contributed by atoms with Crippen molar-refractivity contribution in [2.24, 2.45) is 11.7 Å². The molecular formula is C11H23NO3. The molecule has 2 atom stereocenters. The molecule has 0 radical (unpaired) electrons. The number of hydrogen-bond acceptors (Lipinski definition) is 4. The summed E-state index contributed by atoms with van der Waals surface area (Å²) in [6, 6.07) is -0.168.